The van der Waals surface area contributed by atoms with Crippen molar-refractivity contribution in [1.29, 1.82) is 0 Å². The van der Waals surface area contributed by atoms with Crippen molar-refractivity contribution >= 4 is 59.2 Å². The number of hydrogen-bond donors (Lipinski definition) is 4. The first kappa shape index (κ1) is 70.7. The van der Waals surface area contributed by atoms with Crippen molar-refractivity contribution in [2.24, 2.45) is 35.5 Å². The molecule has 0 radical (unpaired) electrons. The number of amides is 6. The topological polar surface area (TPSA) is 216 Å². The lowest BCUT2D eigenvalue weighted by Gasteiger charge is -2.41. The van der Waals surface area contributed by atoms with Gasteiger partial charge in [0.15, 0.2) is 0 Å². The molecule has 11 unspecified atom stereocenters. The molecule has 5 aliphatic heterocycles. The highest BCUT2D eigenvalue weighted by atomic mass is 16.5. The van der Waals surface area contributed by atoms with Gasteiger partial charge in [0.2, 0.25) is 23.6 Å². The van der Waals surface area contributed by atoms with Crippen LogP contribution >= 0.6 is 0 Å². The fourth-order valence-corrected chi connectivity index (χ4v) is 13.1. The standard InChI is InChI=1S/C36H54N4O5.C34H50N4O5/c1-8-10-19-33(45-7)25(5)32(41)23-29(24(3)4)34(42)37-26(6)35(43)40-21-14-17-30(38-40)36(44)39-20-12-11-18-31(39)28-16-13-15-27(9-2)22-28;1-22(2)27-21-30(39)23(3)31(43-5)17-7-6-12-25-13-10-14-26(20-25)29-16-8-9-18-37(29)34(42)28-15-11-19-38(36-28)33(41)24(4)35-32(27)40/h8-9,13,15-16,22,24-26,29-31,33,38H,1-2,10-12,14,17-21,23H2,3-7H3,(H,37,42);6,10,12-14,20,22-24,27-29,31,36H,7-9,11,15-19,21H2,1-5H3,(H,35,40)/b;12-6+/t;23?,24?,27?,28?,29-,31?/m.0/s1. The predicted octanol–water partition coefficient (Wildman–Crippen LogP) is 9.66. The molecule has 5 heterocycles. The zero-order valence-corrected chi connectivity index (χ0v) is 54.4. The zero-order valence-electron chi connectivity index (χ0n) is 54.4. The summed E-state index contributed by atoms with van der Waals surface area (Å²) >= 11 is 0. The van der Waals surface area contributed by atoms with Gasteiger partial charge in [0.1, 0.15) is 35.7 Å². The van der Waals surface area contributed by atoms with Gasteiger partial charge in [-0.25, -0.2) is 10.9 Å². The highest BCUT2D eigenvalue weighted by Gasteiger charge is 2.40. The molecule has 2 aromatic carbocycles. The van der Waals surface area contributed by atoms with E-state index in [-0.39, 0.29) is 108 Å². The summed E-state index contributed by atoms with van der Waals surface area (Å²) in [5, 5.41) is 8.70. The quantitative estimate of drug-likeness (QED) is 0.109. The van der Waals surface area contributed by atoms with Gasteiger partial charge < -0.3 is 29.9 Å². The van der Waals surface area contributed by atoms with E-state index in [1.54, 1.807) is 34.1 Å². The Balaban J connectivity index is 0.000000281. The van der Waals surface area contributed by atoms with E-state index in [2.05, 4.69) is 77.1 Å². The van der Waals surface area contributed by atoms with Gasteiger partial charge in [-0.15, -0.1) is 6.58 Å². The van der Waals surface area contributed by atoms with Crippen LogP contribution in [0.1, 0.15) is 192 Å². The van der Waals surface area contributed by atoms with Gasteiger partial charge in [-0.1, -0.05) is 109 Å². The number of Topliss-reactive ketones (excluding diaryl/α,β-unsaturated/α-hetero) is 2. The first-order valence-corrected chi connectivity index (χ1v) is 32.7. The van der Waals surface area contributed by atoms with Crippen LogP contribution in [0.2, 0.25) is 0 Å². The Labute approximate surface area is 524 Å². The summed E-state index contributed by atoms with van der Waals surface area (Å²) in [7, 11) is 3.22. The maximum Gasteiger partial charge on any atom is 0.258 e. The van der Waals surface area contributed by atoms with Gasteiger partial charge >= 0.3 is 0 Å². The van der Waals surface area contributed by atoms with E-state index in [0.717, 1.165) is 73.6 Å². The third-order valence-electron chi connectivity index (χ3n) is 18.8. The third-order valence-corrected chi connectivity index (χ3v) is 18.8. The molecule has 0 saturated carbocycles. The van der Waals surface area contributed by atoms with Gasteiger partial charge in [0.25, 0.3) is 11.8 Å². The molecule has 2 aromatic rings. The number of hydrogen-bond acceptors (Lipinski definition) is 12. The number of ether oxygens (including phenoxy) is 2. The summed E-state index contributed by atoms with van der Waals surface area (Å²) in [5.41, 5.74) is 10.7. The van der Waals surface area contributed by atoms with Crippen LogP contribution in [-0.2, 0) is 47.8 Å². The average Bonchev–Trinajstić information content (AvgIpc) is 3.20. The number of ketones is 2. The van der Waals surface area contributed by atoms with Crippen LogP contribution in [0.25, 0.3) is 12.2 Å². The molecule has 5 aliphatic rings. The van der Waals surface area contributed by atoms with Crippen LogP contribution in [0.5, 0.6) is 0 Å². The fraction of sp³-hybridized carbons (Fsp3) is 0.629. The molecule has 0 spiro atoms. The highest BCUT2D eigenvalue weighted by Crippen LogP contribution is 2.35. The van der Waals surface area contributed by atoms with Crippen LogP contribution < -0.4 is 21.5 Å². The molecule has 4 fully saturated rings. The summed E-state index contributed by atoms with van der Waals surface area (Å²) in [6, 6.07) is 13.9. The summed E-state index contributed by atoms with van der Waals surface area (Å²) in [6.45, 7) is 24.6. The highest BCUT2D eigenvalue weighted by molar-refractivity contribution is 5.93. The molecule has 4 saturated heterocycles. The number of fused-ring (bicyclic) bond motifs is 6. The Bertz CT molecular complexity index is 2750. The number of rotatable bonds is 17. The Hall–Kier alpha value is -6.34. The second-order valence-electron chi connectivity index (χ2n) is 25.7. The summed E-state index contributed by atoms with van der Waals surface area (Å²) in [5.74, 6) is -3.32. The number of carbonyl (C=O) groups is 8. The average molecular weight is 1220 g/mol. The lowest BCUT2D eigenvalue weighted by atomic mass is 9.84. The number of allylic oxidation sites excluding steroid dienone is 2. The first-order chi connectivity index (χ1) is 42.1. The Morgan fingerprint density at radius 1 is 0.773 bits per heavy atom. The van der Waals surface area contributed by atoms with Crippen LogP contribution in [0, 0.1) is 35.5 Å². The van der Waals surface area contributed by atoms with Gasteiger partial charge in [0.05, 0.1) is 24.3 Å². The van der Waals surface area contributed by atoms with Crippen LogP contribution in [0.3, 0.4) is 0 Å². The Morgan fingerprint density at radius 3 is 2.15 bits per heavy atom. The molecule has 7 rings (SSSR count). The lowest BCUT2D eigenvalue weighted by Crippen LogP contribution is -2.61. The van der Waals surface area contributed by atoms with E-state index in [1.807, 2.05) is 75.6 Å². The van der Waals surface area contributed by atoms with Crippen molar-refractivity contribution in [2.45, 2.75) is 207 Å². The Kier molecular flexibility index (Phi) is 27.8. The van der Waals surface area contributed by atoms with Crippen molar-refractivity contribution in [3.63, 3.8) is 0 Å². The van der Waals surface area contributed by atoms with E-state index in [4.69, 9.17) is 9.47 Å². The van der Waals surface area contributed by atoms with Crippen LogP contribution in [0.15, 0.2) is 73.8 Å². The molecule has 18 nitrogen and oxygen atoms in total. The minimum Gasteiger partial charge on any atom is -0.381 e. The largest absolute Gasteiger partial charge is 0.381 e. The first-order valence-electron chi connectivity index (χ1n) is 32.7. The van der Waals surface area contributed by atoms with Crippen LogP contribution in [0.4, 0.5) is 0 Å². The molecule has 18 heteroatoms. The SMILES string of the molecule is C=CCCC(OC)C(C)C(=O)CC(C(=O)NC(C)C(=O)N1CCCC(C(=O)N2CCCCC2c2cccc(C=C)c2)N1)C(C)C.COC1CC/C=C/c2cccc(c2)[C@@H]2CCCCN2C(=O)C2CCCN(N2)C(=O)C(C)NC(=O)C(C(C)C)CC(=O)C1C. The number of likely N-dealkylation sites (tertiary alicyclic amines) is 1. The van der Waals surface area contributed by atoms with Crippen molar-refractivity contribution in [2.75, 3.05) is 40.4 Å². The van der Waals surface area contributed by atoms with E-state index in [0.29, 0.717) is 64.7 Å². The van der Waals surface area contributed by atoms with Crippen molar-refractivity contribution in [3.05, 3.63) is 96.1 Å². The smallest absolute Gasteiger partial charge is 0.258 e. The second-order valence-corrected chi connectivity index (χ2v) is 25.7. The summed E-state index contributed by atoms with van der Waals surface area (Å²) < 4.78 is 11.3. The lowest BCUT2D eigenvalue weighted by molar-refractivity contribution is -0.148. The fourth-order valence-electron chi connectivity index (χ4n) is 13.1. The Morgan fingerprint density at radius 2 is 1.47 bits per heavy atom. The van der Waals surface area contributed by atoms with Crippen molar-refractivity contribution < 1.29 is 47.8 Å². The van der Waals surface area contributed by atoms with E-state index in [1.165, 1.54) is 10.0 Å². The summed E-state index contributed by atoms with van der Waals surface area (Å²) in [6.07, 6.45) is 18.8. The van der Waals surface area contributed by atoms with Crippen molar-refractivity contribution in [3.8, 4) is 0 Å². The van der Waals surface area contributed by atoms with Gasteiger partial charge in [-0.05, 0) is 150 Å². The number of nitrogens with zero attached hydrogens (tertiary/aromatic N) is 4. The van der Waals surface area contributed by atoms with E-state index < -0.39 is 36.0 Å². The number of methoxy groups -OCH3 is 2. The third kappa shape index (κ3) is 19.1. The maximum absolute atomic E-state index is 13.9. The molecule has 0 aliphatic carbocycles. The van der Waals surface area contributed by atoms with Crippen molar-refractivity contribution in [1.82, 2.24) is 41.3 Å². The monoisotopic (exact) mass is 1220 g/mol. The number of hydrazine groups is 2. The molecule has 12 atom stereocenters. The second kappa shape index (κ2) is 34.6. The van der Waals surface area contributed by atoms with E-state index >= 15 is 0 Å². The molecule has 484 valence electrons. The summed E-state index contributed by atoms with van der Waals surface area (Å²) in [4.78, 5) is 112. The minimum absolute atomic E-state index is 0.00662. The number of piperidine rings is 2. The predicted molar refractivity (Wildman–Crippen MR) is 344 cm³/mol. The van der Waals surface area contributed by atoms with Crippen LogP contribution in [-0.4, -0.2) is 144 Å². The molecule has 6 amide bonds. The number of benzene rings is 2. The van der Waals surface area contributed by atoms with Gasteiger partial charge in [-0.2, -0.15) is 0 Å². The van der Waals surface area contributed by atoms with E-state index in [9.17, 15) is 38.4 Å². The minimum atomic E-state index is -0.823. The molecular formula is C70H104N8O10. The maximum atomic E-state index is 13.9. The molecular weight excluding hydrogens is 1110 g/mol. The normalized spacial score (nSPS) is 26.1. The molecule has 0 aromatic heterocycles. The van der Waals surface area contributed by atoms with Gasteiger partial charge in [-0.3, -0.25) is 48.4 Å². The number of nitrogens with one attached hydrogen (secondary N) is 4. The van der Waals surface area contributed by atoms with Gasteiger partial charge in [0, 0.05) is 76.9 Å². The number of carbonyl (C=O) groups excluding carboxylic acids is 8. The zero-order chi connectivity index (χ0) is 64.2. The molecule has 4 bridgehead atoms. The molecule has 4 N–H and O–H groups in total. The molecule has 88 heavy (non-hydrogen) atoms.